The third-order valence-corrected chi connectivity index (χ3v) is 6.53. The van der Waals surface area contributed by atoms with E-state index in [1.165, 1.54) is 12.1 Å². The molecule has 1 heterocycles. The van der Waals surface area contributed by atoms with E-state index >= 15 is 0 Å². The Balaban J connectivity index is 1.88. The van der Waals surface area contributed by atoms with Crippen molar-refractivity contribution in [3.05, 3.63) is 35.6 Å². The van der Waals surface area contributed by atoms with Gasteiger partial charge in [-0.05, 0) is 0 Å². The van der Waals surface area contributed by atoms with E-state index in [1.807, 2.05) is 7.05 Å². The Hall–Kier alpha value is -0.106. The van der Waals surface area contributed by atoms with Crippen LogP contribution in [0.3, 0.4) is 0 Å². The van der Waals surface area contributed by atoms with Crippen LogP contribution in [0.4, 0.5) is 4.39 Å². The molecule has 1 saturated heterocycles. The molecule has 1 aromatic carbocycles. The molecule has 1 aromatic rings. The van der Waals surface area contributed by atoms with E-state index in [0.717, 1.165) is 76.5 Å². The number of halogens is 1. The number of aryl methyl sites for hydroxylation is 1. The molecule has 0 saturated carbocycles. The molecule has 0 aliphatic carbocycles. The Labute approximate surface area is 179 Å². The fourth-order valence-electron chi connectivity index (χ4n) is 3.14. The Morgan fingerprint density at radius 3 is 2.56 bits per heavy atom. The van der Waals surface area contributed by atoms with E-state index in [4.69, 9.17) is 0 Å². The molecule has 25 heavy (non-hydrogen) atoms. The number of carbonyl (C=O) groups is 2. The number of carboxylic acid groups (broad SMARTS) is 1. The average Bonchev–Trinajstić information content (AvgIpc) is 3.01. The number of hydrogen-bond acceptors (Lipinski definition) is 3. The first-order valence-corrected chi connectivity index (χ1v) is 12.7. The van der Waals surface area contributed by atoms with Crippen LogP contribution in [0, 0.1) is 5.82 Å². The maximum absolute atomic E-state index is 12.9. The van der Waals surface area contributed by atoms with E-state index in [1.54, 1.807) is 17.0 Å². The molecule has 132 valence electrons. The summed E-state index contributed by atoms with van der Waals surface area (Å²) in [5, 5.41) is 9.44. The van der Waals surface area contributed by atoms with Crippen molar-refractivity contribution in [2.75, 3.05) is 20.1 Å². The third kappa shape index (κ3) is 5.94. The summed E-state index contributed by atoms with van der Waals surface area (Å²) in [6.07, 6.45) is 2.25. The molecule has 2 rings (SSSR count). The number of amides is 1. The summed E-state index contributed by atoms with van der Waals surface area (Å²) in [7, 11) is 1.99. The second-order valence-corrected chi connectivity index (χ2v) is 19.6. The summed E-state index contributed by atoms with van der Waals surface area (Å²) in [4.78, 5) is 27.6. The Kier molecular flexibility index (Phi) is 8.24. The van der Waals surface area contributed by atoms with Gasteiger partial charge in [-0.25, -0.2) is 4.39 Å². The van der Waals surface area contributed by atoms with Crippen molar-refractivity contribution in [3.8, 4) is 0 Å². The number of likely N-dealkylation sites (N-methyl/N-ethyl adjacent to an activating group) is 1. The number of rotatable bonds is 7. The van der Waals surface area contributed by atoms with Crippen molar-refractivity contribution in [1.29, 1.82) is 0 Å². The number of likely N-dealkylation sites (tertiary alicyclic amines) is 1. The fraction of sp³-hybridized carbons (Fsp3) is 0.529. The van der Waals surface area contributed by atoms with Crippen LogP contribution in [0.5, 0.6) is 0 Å². The van der Waals surface area contributed by atoms with Crippen LogP contribution in [0.1, 0.15) is 18.4 Å². The van der Waals surface area contributed by atoms with Crippen LogP contribution in [0.2, 0.25) is 1.04 Å². The van der Waals surface area contributed by atoms with E-state index in [2.05, 4.69) is 4.90 Å². The van der Waals surface area contributed by atoms with Crippen LogP contribution < -0.4 is 0 Å². The van der Waals surface area contributed by atoms with Gasteiger partial charge >= 0.3 is 170 Å². The maximum atomic E-state index is 12.9. The van der Waals surface area contributed by atoms with Gasteiger partial charge in [-0.3, -0.25) is 0 Å². The second-order valence-electron chi connectivity index (χ2n) is 6.38. The average molecular weight is 735 g/mol. The molecule has 2 atom stereocenters. The van der Waals surface area contributed by atoms with Gasteiger partial charge in [0.1, 0.15) is 5.82 Å². The minimum atomic E-state index is -0.903. The van der Waals surface area contributed by atoms with E-state index < -0.39 is 12.0 Å². The molecular formula is C17H21FN2O3Pb2. The van der Waals surface area contributed by atoms with E-state index in [0.29, 0.717) is 13.0 Å². The monoisotopic (exact) mass is 736 g/mol. The predicted octanol–water partition coefficient (Wildman–Crippen LogP) is 0.827. The number of carbonyl (C=O) groups excluding carboxylic acids is 1. The van der Waals surface area contributed by atoms with E-state index in [-0.39, 0.29) is 18.8 Å². The fourth-order valence-corrected chi connectivity index (χ4v) is 4.43. The van der Waals surface area contributed by atoms with Gasteiger partial charge in [0.15, 0.2) is 0 Å². The topological polar surface area (TPSA) is 60.9 Å². The summed E-state index contributed by atoms with van der Waals surface area (Å²) in [5.41, 5.74) is 1.09. The number of nitrogens with zero attached hydrogens (tertiary/aromatic N) is 2. The normalized spacial score (nSPS) is 20.5. The Morgan fingerprint density at radius 2 is 2.00 bits per heavy atom. The predicted molar refractivity (Wildman–Crippen MR) is 94.2 cm³/mol. The van der Waals surface area contributed by atoms with Gasteiger partial charge in [0.05, 0.1) is 0 Å². The van der Waals surface area contributed by atoms with Gasteiger partial charge < -0.3 is 0 Å². The number of benzene rings is 1. The zero-order valence-corrected chi connectivity index (χ0v) is 21.9. The molecule has 6 radical (unpaired) electrons. The summed E-state index contributed by atoms with van der Waals surface area (Å²) in [6.45, 7) is 1.32. The van der Waals surface area contributed by atoms with Gasteiger partial charge in [0.25, 0.3) is 0 Å². The first-order chi connectivity index (χ1) is 11.8. The van der Waals surface area contributed by atoms with Crippen molar-refractivity contribution in [3.63, 3.8) is 0 Å². The minimum absolute atomic E-state index is 0.0212. The van der Waals surface area contributed by atoms with Gasteiger partial charge in [-0.15, -0.1) is 0 Å². The molecule has 0 aromatic heterocycles. The van der Waals surface area contributed by atoms with Crippen molar-refractivity contribution >= 4 is 63.4 Å². The first-order valence-electron chi connectivity index (χ1n) is 8.19. The molecule has 8 heteroatoms. The summed E-state index contributed by atoms with van der Waals surface area (Å²) in [6, 6.07) is 5.91. The van der Waals surface area contributed by atoms with E-state index in [9.17, 15) is 19.1 Å². The van der Waals surface area contributed by atoms with Gasteiger partial charge in [-0.1, -0.05) is 0 Å². The van der Waals surface area contributed by atoms with Gasteiger partial charge in [0, 0.05) is 0 Å². The molecule has 2 unspecified atom stereocenters. The zero-order chi connectivity index (χ0) is 18.6. The number of hydrogen-bond donors (Lipinski definition) is 1. The summed E-state index contributed by atoms with van der Waals surface area (Å²) < 4.78 is 13.0. The summed E-state index contributed by atoms with van der Waals surface area (Å²) >= 11 is 1.58. The van der Waals surface area contributed by atoms with Crippen LogP contribution in [0.25, 0.3) is 0 Å². The van der Waals surface area contributed by atoms with Gasteiger partial charge in [0.2, 0.25) is 0 Å². The quantitative estimate of drug-likeness (QED) is 0.423. The second kappa shape index (κ2) is 9.72. The Morgan fingerprint density at radius 1 is 1.36 bits per heavy atom. The number of carboxylic acids is 1. The molecule has 0 spiro atoms. The van der Waals surface area contributed by atoms with Crippen LogP contribution in [-0.4, -0.2) is 111 Å². The standard InChI is InChI=1S/C17H21FN2O3.2Pb/c1-12(21)20-11-15(10-16(20)17(22)23)19(2)9-3-4-13-5-7-14(18)8-6-13;;/h1,5-8,15-16H,3-4,9-11H2,2H3,(H,22,23);;. The molecular weight excluding hydrogens is 714 g/mol. The molecule has 1 N–H and O–H groups in total. The molecule has 5 nitrogen and oxygen atoms in total. The van der Waals surface area contributed by atoms with Crippen molar-refractivity contribution in [2.45, 2.75) is 32.4 Å². The van der Waals surface area contributed by atoms with Crippen LogP contribution in [-0.2, 0) is 16.0 Å². The SMILES string of the molecule is CN(CCCc1ccc(F)cc1)C1CC(C(=O)O)N(C(=O)[CH]([Pb])[Pb])C1. The van der Waals surface area contributed by atoms with Crippen molar-refractivity contribution in [1.82, 2.24) is 9.80 Å². The third-order valence-electron chi connectivity index (χ3n) is 4.61. The number of aliphatic carboxylic acids is 1. The molecule has 1 fully saturated rings. The molecule has 1 amide bonds. The molecule has 1 aliphatic heterocycles. The molecule has 1 aliphatic rings. The van der Waals surface area contributed by atoms with Crippen molar-refractivity contribution < 1.29 is 19.1 Å². The van der Waals surface area contributed by atoms with Gasteiger partial charge in [-0.2, -0.15) is 0 Å². The zero-order valence-electron chi connectivity index (χ0n) is 14.1. The van der Waals surface area contributed by atoms with Crippen LogP contribution >= 0.6 is 0 Å². The Bertz CT molecular complexity index is 612. The molecule has 0 bridgehead atoms. The van der Waals surface area contributed by atoms with Crippen molar-refractivity contribution in [2.24, 2.45) is 0 Å². The summed E-state index contributed by atoms with van der Waals surface area (Å²) in [5.74, 6) is -1.11. The van der Waals surface area contributed by atoms with Crippen LogP contribution in [0.15, 0.2) is 24.3 Å². The first kappa shape index (κ1) is 21.2.